The number of carbonyl (C=O) groups is 1. The van der Waals surface area contributed by atoms with Crippen LogP contribution < -0.4 is 22.6 Å². The van der Waals surface area contributed by atoms with Crippen molar-refractivity contribution in [1.82, 2.24) is 5.32 Å². The Morgan fingerprint density at radius 3 is 2.48 bits per heavy atom. The Morgan fingerprint density at radius 2 is 1.86 bits per heavy atom. The Bertz CT molecular complexity index is 370. The minimum atomic E-state index is -0.301. The third kappa shape index (κ3) is 9.32. The van der Waals surface area contributed by atoms with Crippen LogP contribution in [0.1, 0.15) is 25.8 Å². The van der Waals surface area contributed by atoms with Gasteiger partial charge < -0.3 is 27.4 Å². The minimum absolute atomic E-state index is 0. The van der Waals surface area contributed by atoms with Crippen LogP contribution in [-0.2, 0) is 11.2 Å². The van der Waals surface area contributed by atoms with Gasteiger partial charge in [0, 0.05) is 0 Å². The van der Waals surface area contributed by atoms with Crippen LogP contribution in [0.15, 0.2) is 30.3 Å². The van der Waals surface area contributed by atoms with Gasteiger partial charge in [0.25, 0.3) is 0 Å². The van der Waals surface area contributed by atoms with E-state index in [0.29, 0.717) is 13.2 Å². The summed E-state index contributed by atoms with van der Waals surface area (Å²) in [6.07, 6.45) is 1.50. The van der Waals surface area contributed by atoms with E-state index in [4.69, 9.17) is 4.74 Å². The van der Waals surface area contributed by atoms with Crippen LogP contribution in [0.3, 0.4) is 0 Å². The maximum Gasteiger partial charge on any atom is 0.407 e. The predicted molar refractivity (Wildman–Crippen MR) is 81.0 cm³/mol. The van der Waals surface area contributed by atoms with Crippen LogP contribution in [0.2, 0.25) is 0 Å². The van der Waals surface area contributed by atoms with E-state index in [9.17, 15) is 4.79 Å². The number of rotatable bonds is 9. The molecule has 21 heavy (non-hydrogen) atoms. The van der Waals surface area contributed by atoms with Crippen molar-refractivity contribution >= 4 is 6.09 Å². The lowest BCUT2D eigenvalue weighted by atomic mass is 10.1. The lowest BCUT2D eigenvalue weighted by Crippen LogP contribution is -3.12. The molecule has 0 unspecified atom stereocenters. The number of hydrogen-bond acceptors (Lipinski definition) is 2. The third-order valence-corrected chi connectivity index (χ3v) is 3.43. The molecular formula is C16H27ClN2O2. The fourth-order valence-electron chi connectivity index (χ4n) is 2.08. The third-order valence-electron chi connectivity index (χ3n) is 3.43. The second-order valence-electron chi connectivity index (χ2n) is 4.86. The van der Waals surface area contributed by atoms with Crippen molar-refractivity contribution in [3.8, 4) is 0 Å². The first-order chi connectivity index (χ1) is 9.76. The zero-order valence-corrected chi connectivity index (χ0v) is 13.8. The fraction of sp³-hybridized carbons (Fsp3) is 0.562. The van der Waals surface area contributed by atoms with E-state index < -0.39 is 0 Å². The van der Waals surface area contributed by atoms with Gasteiger partial charge in [-0.1, -0.05) is 30.3 Å². The molecular weight excluding hydrogens is 288 g/mol. The van der Waals surface area contributed by atoms with Crippen molar-refractivity contribution in [2.75, 3.05) is 32.8 Å². The Labute approximate surface area is 134 Å². The van der Waals surface area contributed by atoms with Crippen LogP contribution in [0.25, 0.3) is 0 Å². The molecule has 0 aliphatic carbocycles. The van der Waals surface area contributed by atoms with Gasteiger partial charge in [0.15, 0.2) is 0 Å². The van der Waals surface area contributed by atoms with Crippen LogP contribution in [0.5, 0.6) is 0 Å². The summed E-state index contributed by atoms with van der Waals surface area (Å²) in [6, 6.07) is 10.2. The molecule has 0 heterocycles. The van der Waals surface area contributed by atoms with Gasteiger partial charge in [0.1, 0.15) is 0 Å². The van der Waals surface area contributed by atoms with E-state index in [1.54, 1.807) is 0 Å². The van der Waals surface area contributed by atoms with E-state index in [-0.39, 0.29) is 18.5 Å². The van der Waals surface area contributed by atoms with E-state index in [1.807, 2.05) is 18.2 Å². The minimum Gasteiger partial charge on any atom is -1.00 e. The highest BCUT2D eigenvalue weighted by molar-refractivity contribution is 5.66. The summed E-state index contributed by atoms with van der Waals surface area (Å²) >= 11 is 0. The van der Waals surface area contributed by atoms with Gasteiger partial charge in [0.05, 0.1) is 32.8 Å². The number of alkyl carbamates (subject to hydrolysis) is 1. The van der Waals surface area contributed by atoms with Crippen molar-refractivity contribution in [2.45, 2.75) is 26.7 Å². The summed E-state index contributed by atoms with van der Waals surface area (Å²) < 4.78 is 5.15. The molecule has 0 atom stereocenters. The van der Waals surface area contributed by atoms with Gasteiger partial charge >= 0.3 is 6.09 Å². The highest BCUT2D eigenvalue weighted by Crippen LogP contribution is 2.02. The number of halogens is 1. The summed E-state index contributed by atoms with van der Waals surface area (Å²) in [4.78, 5) is 13.0. The summed E-state index contributed by atoms with van der Waals surface area (Å²) in [5, 5.41) is 2.80. The van der Waals surface area contributed by atoms with Crippen molar-refractivity contribution < 1.29 is 26.8 Å². The number of benzene rings is 1. The number of nitrogens with one attached hydrogen (secondary N) is 2. The van der Waals surface area contributed by atoms with E-state index in [1.165, 1.54) is 10.5 Å². The SMILES string of the molecule is CC[NH+](CC)CCNC(=O)OCCCc1ccccc1.[Cl-]. The first-order valence-corrected chi connectivity index (χ1v) is 7.54. The normalized spacial score (nSPS) is 10.0. The summed E-state index contributed by atoms with van der Waals surface area (Å²) in [7, 11) is 0. The molecule has 2 N–H and O–H groups in total. The molecule has 0 saturated carbocycles. The summed E-state index contributed by atoms with van der Waals surface area (Å²) in [6.45, 7) is 8.58. The molecule has 0 aliphatic heterocycles. The van der Waals surface area contributed by atoms with Crippen LogP contribution in [0.4, 0.5) is 4.79 Å². The fourth-order valence-corrected chi connectivity index (χ4v) is 2.08. The number of hydrogen-bond donors (Lipinski definition) is 2. The Balaban J connectivity index is 0.00000400. The molecule has 5 heteroatoms. The smallest absolute Gasteiger partial charge is 0.407 e. The van der Waals surface area contributed by atoms with Crippen molar-refractivity contribution in [1.29, 1.82) is 0 Å². The van der Waals surface area contributed by atoms with Crippen LogP contribution in [-0.4, -0.2) is 38.9 Å². The highest BCUT2D eigenvalue weighted by Gasteiger charge is 2.05. The average molecular weight is 315 g/mol. The van der Waals surface area contributed by atoms with Gasteiger partial charge in [-0.3, -0.25) is 0 Å². The lowest BCUT2D eigenvalue weighted by molar-refractivity contribution is -0.895. The predicted octanol–water partition coefficient (Wildman–Crippen LogP) is -1.73. The maximum atomic E-state index is 11.5. The molecule has 1 amide bonds. The maximum absolute atomic E-state index is 11.5. The Morgan fingerprint density at radius 1 is 1.19 bits per heavy atom. The molecule has 120 valence electrons. The number of carbonyl (C=O) groups excluding carboxylic acids is 1. The van der Waals surface area contributed by atoms with Gasteiger partial charge in [-0.25, -0.2) is 4.79 Å². The second kappa shape index (κ2) is 12.5. The van der Waals surface area contributed by atoms with Crippen molar-refractivity contribution in [3.63, 3.8) is 0 Å². The number of likely N-dealkylation sites (N-methyl/N-ethyl adjacent to an activating group) is 1. The quantitative estimate of drug-likeness (QED) is 0.532. The zero-order chi connectivity index (χ0) is 14.6. The summed E-state index contributed by atoms with van der Waals surface area (Å²) in [5.74, 6) is 0. The molecule has 0 fully saturated rings. The molecule has 0 radical (unpaired) electrons. The second-order valence-corrected chi connectivity index (χ2v) is 4.86. The van der Waals surface area contributed by atoms with Crippen LogP contribution in [0, 0.1) is 0 Å². The number of quaternary nitrogens is 1. The van der Waals surface area contributed by atoms with E-state index >= 15 is 0 Å². The first-order valence-electron chi connectivity index (χ1n) is 7.54. The van der Waals surface area contributed by atoms with Crippen LogP contribution >= 0.6 is 0 Å². The van der Waals surface area contributed by atoms with Crippen molar-refractivity contribution in [3.05, 3.63) is 35.9 Å². The Kier molecular flexibility index (Phi) is 11.7. The van der Waals surface area contributed by atoms with Gasteiger partial charge in [-0.05, 0) is 32.3 Å². The largest absolute Gasteiger partial charge is 1.00 e. The topological polar surface area (TPSA) is 42.8 Å². The lowest BCUT2D eigenvalue weighted by Gasteiger charge is -2.15. The number of amides is 1. The summed E-state index contributed by atoms with van der Waals surface area (Å²) in [5.41, 5.74) is 1.28. The zero-order valence-electron chi connectivity index (χ0n) is 13.0. The molecule has 1 aromatic rings. The van der Waals surface area contributed by atoms with Gasteiger partial charge in [-0.2, -0.15) is 0 Å². The number of aryl methyl sites for hydroxylation is 1. The van der Waals surface area contributed by atoms with Gasteiger partial charge in [0.2, 0.25) is 0 Å². The van der Waals surface area contributed by atoms with Gasteiger partial charge in [-0.15, -0.1) is 0 Å². The first kappa shape index (κ1) is 19.7. The molecule has 0 bridgehead atoms. The molecule has 4 nitrogen and oxygen atoms in total. The van der Waals surface area contributed by atoms with Crippen molar-refractivity contribution in [2.24, 2.45) is 0 Å². The molecule has 1 aromatic carbocycles. The molecule has 1 rings (SSSR count). The standard InChI is InChI=1S/C16H26N2O2.ClH/c1-3-18(4-2)13-12-17-16(19)20-14-8-11-15-9-6-5-7-10-15;/h5-7,9-10H,3-4,8,11-14H2,1-2H3,(H,17,19);1H. The highest BCUT2D eigenvalue weighted by atomic mass is 35.5. The monoisotopic (exact) mass is 314 g/mol. The molecule has 0 saturated heterocycles. The molecule has 0 aromatic heterocycles. The average Bonchev–Trinajstić information content (AvgIpc) is 2.49. The van der Waals surface area contributed by atoms with E-state index in [0.717, 1.165) is 32.5 Å². The molecule has 0 spiro atoms. The molecule has 0 aliphatic rings. The number of ether oxygens (including phenoxy) is 1. The Hall–Kier alpha value is -1.26. The van der Waals surface area contributed by atoms with E-state index in [2.05, 4.69) is 31.3 Å².